The van der Waals surface area contributed by atoms with Crippen LogP contribution in [0.3, 0.4) is 0 Å². The second kappa shape index (κ2) is 7.29. The molecule has 1 aliphatic carbocycles. The number of benzene rings is 1. The lowest BCUT2D eigenvalue weighted by molar-refractivity contribution is -0.384. The van der Waals surface area contributed by atoms with E-state index in [1.807, 2.05) is 0 Å². The summed E-state index contributed by atoms with van der Waals surface area (Å²) in [7, 11) is 0. The van der Waals surface area contributed by atoms with Crippen molar-refractivity contribution in [1.82, 2.24) is 0 Å². The summed E-state index contributed by atoms with van der Waals surface area (Å²) in [5, 5.41) is 11.7. The Morgan fingerprint density at radius 2 is 1.48 bits per heavy atom. The van der Waals surface area contributed by atoms with Crippen LogP contribution in [0.4, 0.5) is 17.1 Å². The highest BCUT2D eigenvalue weighted by Gasteiger charge is 2.49. The molecular weight excluding hydrogens is 346 g/mol. The molecule has 7 nitrogen and oxygen atoms in total. The normalized spacial score (nSPS) is 26.1. The molecule has 3 aliphatic rings. The largest absolute Gasteiger partial charge is 0.366 e. The van der Waals surface area contributed by atoms with Gasteiger partial charge in [-0.3, -0.25) is 19.7 Å². The van der Waals surface area contributed by atoms with Crippen LogP contribution in [0.5, 0.6) is 0 Å². The summed E-state index contributed by atoms with van der Waals surface area (Å²) in [4.78, 5) is 40.2. The molecule has 2 unspecified atom stereocenters. The van der Waals surface area contributed by atoms with Crippen molar-refractivity contribution < 1.29 is 14.5 Å². The highest BCUT2D eigenvalue weighted by atomic mass is 16.6. The number of carbonyl (C=O) groups excluding carboxylic acids is 2. The number of anilines is 2. The van der Waals surface area contributed by atoms with E-state index in [0.717, 1.165) is 64.5 Å². The molecule has 1 saturated carbocycles. The van der Waals surface area contributed by atoms with Gasteiger partial charge in [-0.15, -0.1) is 0 Å². The molecule has 144 valence electrons. The second-order valence-electron chi connectivity index (χ2n) is 7.84. The summed E-state index contributed by atoms with van der Waals surface area (Å²) in [6.07, 6.45) is 7.71. The van der Waals surface area contributed by atoms with E-state index in [0.29, 0.717) is 11.4 Å². The van der Waals surface area contributed by atoms with Crippen LogP contribution in [0, 0.1) is 22.0 Å². The predicted octanol–water partition coefficient (Wildman–Crippen LogP) is 3.65. The summed E-state index contributed by atoms with van der Waals surface area (Å²) in [5.74, 6) is -0.894. The number of nitro benzene ring substituents is 1. The van der Waals surface area contributed by atoms with Crippen LogP contribution < -0.4 is 9.80 Å². The molecule has 0 bridgehead atoms. The van der Waals surface area contributed by atoms with Crippen LogP contribution >= 0.6 is 0 Å². The summed E-state index contributed by atoms with van der Waals surface area (Å²) in [6, 6.07) is 4.81. The number of hydrogen-bond donors (Lipinski definition) is 0. The number of amides is 2. The maximum Gasteiger partial charge on any atom is 0.294 e. The van der Waals surface area contributed by atoms with Gasteiger partial charge >= 0.3 is 0 Å². The average Bonchev–Trinajstić information content (AvgIpc) is 2.86. The molecule has 1 aromatic rings. The topological polar surface area (TPSA) is 83.8 Å². The first kappa shape index (κ1) is 17.9. The van der Waals surface area contributed by atoms with E-state index in [2.05, 4.69) is 4.90 Å². The van der Waals surface area contributed by atoms with Gasteiger partial charge in [0.05, 0.1) is 22.4 Å². The summed E-state index contributed by atoms with van der Waals surface area (Å²) < 4.78 is 0. The molecule has 2 aliphatic heterocycles. The van der Waals surface area contributed by atoms with Crippen molar-refractivity contribution in [2.75, 3.05) is 22.9 Å². The van der Waals surface area contributed by atoms with Crippen molar-refractivity contribution in [2.24, 2.45) is 11.8 Å². The Balaban J connectivity index is 1.68. The summed E-state index contributed by atoms with van der Waals surface area (Å²) in [6.45, 7) is 1.60. The maximum absolute atomic E-state index is 12.8. The number of imide groups is 1. The molecule has 0 aromatic heterocycles. The number of nitrogens with zero attached hydrogens (tertiary/aromatic N) is 3. The zero-order valence-corrected chi connectivity index (χ0v) is 15.4. The molecule has 2 atom stereocenters. The standard InChI is InChI=1S/C20H25N3O4/c24-19-15-7-3-4-8-16(15)20(25)22(19)14-9-10-17(18(13-14)23(26)27)21-11-5-1-2-6-12-21/h9-10,13,15-16H,1-8,11-12H2. The molecule has 2 amide bonds. The van der Waals surface area contributed by atoms with Crippen molar-refractivity contribution in [3.8, 4) is 0 Å². The van der Waals surface area contributed by atoms with Crippen molar-refractivity contribution in [2.45, 2.75) is 51.4 Å². The zero-order chi connectivity index (χ0) is 19.0. The first-order valence-electron chi connectivity index (χ1n) is 9.99. The van der Waals surface area contributed by atoms with Gasteiger partial charge < -0.3 is 4.90 Å². The van der Waals surface area contributed by atoms with Crippen molar-refractivity contribution in [3.63, 3.8) is 0 Å². The van der Waals surface area contributed by atoms with Gasteiger partial charge in [-0.05, 0) is 37.8 Å². The van der Waals surface area contributed by atoms with Gasteiger partial charge in [-0.1, -0.05) is 25.7 Å². The lowest BCUT2D eigenvalue weighted by atomic mass is 9.81. The van der Waals surface area contributed by atoms with E-state index in [4.69, 9.17) is 0 Å². The number of hydrogen-bond acceptors (Lipinski definition) is 5. The minimum Gasteiger partial charge on any atom is -0.366 e. The van der Waals surface area contributed by atoms with Crippen molar-refractivity contribution >= 4 is 28.9 Å². The lowest BCUT2D eigenvalue weighted by Gasteiger charge is -2.23. The highest BCUT2D eigenvalue weighted by molar-refractivity contribution is 6.22. The fourth-order valence-corrected chi connectivity index (χ4v) is 4.79. The van der Waals surface area contributed by atoms with E-state index >= 15 is 0 Å². The Labute approximate surface area is 158 Å². The first-order valence-corrected chi connectivity index (χ1v) is 9.99. The Morgan fingerprint density at radius 1 is 0.889 bits per heavy atom. The van der Waals surface area contributed by atoms with Gasteiger partial charge in [0.2, 0.25) is 11.8 Å². The number of carbonyl (C=O) groups is 2. The quantitative estimate of drug-likeness (QED) is 0.460. The van der Waals surface area contributed by atoms with Crippen LogP contribution in [-0.2, 0) is 9.59 Å². The number of nitro groups is 1. The first-order chi connectivity index (χ1) is 13.1. The van der Waals surface area contributed by atoms with Gasteiger partial charge in [0.25, 0.3) is 5.69 Å². The van der Waals surface area contributed by atoms with Gasteiger partial charge in [0.15, 0.2) is 0 Å². The third-order valence-corrected chi connectivity index (χ3v) is 6.20. The molecular formula is C20H25N3O4. The van der Waals surface area contributed by atoms with Crippen LogP contribution in [-0.4, -0.2) is 29.8 Å². The minimum atomic E-state index is -0.401. The van der Waals surface area contributed by atoms with Gasteiger partial charge in [0.1, 0.15) is 5.69 Å². The molecule has 0 N–H and O–H groups in total. The van der Waals surface area contributed by atoms with Crippen LogP contribution in [0.2, 0.25) is 0 Å². The molecule has 3 fully saturated rings. The van der Waals surface area contributed by atoms with Gasteiger partial charge in [-0.2, -0.15) is 0 Å². The van der Waals surface area contributed by atoms with Crippen molar-refractivity contribution in [3.05, 3.63) is 28.3 Å². The smallest absolute Gasteiger partial charge is 0.294 e. The van der Waals surface area contributed by atoms with E-state index < -0.39 is 4.92 Å². The molecule has 0 radical (unpaired) electrons. The van der Waals surface area contributed by atoms with E-state index in [1.165, 1.54) is 11.0 Å². The van der Waals surface area contributed by atoms with E-state index in [-0.39, 0.29) is 29.3 Å². The Bertz CT molecular complexity index is 746. The number of rotatable bonds is 3. The molecule has 2 heterocycles. The lowest BCUT2D eigenvalue weighted by Crippen LogP contribution is -2.31. The number of fused-ring (bicyclic) bond motifs is 1. The minimum absolute atomic E-state index is 0.0233. The van der Waals surface area contributed by atoms with Gasteiger partial charge in [-0.25, -0.2) is 4.90 Å². The molecule has 27 heavy (non-hydrogen) atoms. The fraction of sp³-hybridized carbons (Fsp3) is 0.600. The summed E-state index contributed by atoms with van der Waals surface area (Å²) >= 11 is 0. The second-order valence-corrected chi connectivity index (χ2v) is 7.84. The fourth-order valence-electron chi connectivity index (χ4n) is 4.79. The maximum atomic E-state index is 12.8. The van der Waals surface area contributed by atoms with Gasteiger partial charge in [0, 0.05) is 19.2 Å². The third kappa shape index (κ3) is 3.19. The monoisotopic (exact) mass is 371 g/mol. The Kier molecular flexibility index (Phi) is 4.85. The average molecular weight is 371 g/mol. The predicted molar refractivity (Wildman–Crippen MR) is 102 cm³/mol. The molecule has 0 spiro atoms. The summed E-state index contributed by atoms with van der Waals surface area (Å²) in [5.41, 5.74) is 0.900. The van der Waals surface area contributed by atoms with Crippen LogP contribution in [0.15, 0.2) is 18.2 Å². The Hall–Kier alpha value is -2.44. The van der Waals surface area contributed by atoms with E-state index in [9.17, 15) is 19.7 Å². The SMILES string of the molecule is O=C1C2CCCCC2C(=O)N1c1ccc(N2CCCCCC2)c([N+](=O)[O-])c1. The Morgan fingerprint density at radius 3 is 2.04 bits per heavy atom. The van der Waals surface area contributed by atoms with Crippen LogP contribution in [0.1, 0.15) is 51.4 Å². The van der Waals surface area contributed by atoms with Crippen LogP contribution in [0.25, 0.3) is 0 Å². The molecule has 7 heteroatoms. The molecule has 2 saturated heterocycles. The molecule has 1 aromatic carbocycles. The zero-order valence-electron chi connectivity index (χ0n) is 15.4. The van der Waals surface area contributed by atoms with E-state index in [1.54, 1.807) is 12.1 Å². The highest BCUT2D eigenvalue weighted by Crippen LogP contribution is 2.42. The third-order valence-electron chi connectivity index (χ3n) is 6.20. The van der Waals surface area contributed by atoms with Crippen molar-refractivity contribution in [1.29, 1.82) is 0 Å². The molecule has 4 rings (SSSR count).